The summed E-state index contributed by atoms with van der Waals surface area (Å²) < 4.78 is 28.8. The summed E-state index contributed by atoms with van der Waals surface area (Å²) in [6.07, 6.45) is 1.45. The normalized spacial score (nSPS) is 16.5. The number of rotatable bonds is 3. The third kappa shape index (κ3) is 2.79. The van der Waals surface area contributed by atoms with Crippen molar-refractivity contribution in [1.82, 2.24) is 28.9 Å². The van der Waals surface area contributed by atoms with E-state index in [-0.39, 0.29) is 9.08 Å². The second-order valence-electron chi connectivity index (χ2n) is 6.05. The van der Waals surface area contributed by atoms with E-state index in [4.69, 9.17) is 0 Å². The van der Waals surface area contributed by atoms with Gasteiger partial charge in [0.15, 0.2) is 4.21 Å². The van der Waals surface area contributed by atoms with Gasteiger partial charge in [-0.15, -0.1) is 0 Å². The third-order valence-electron chi connectivity index (χ3n) is 4.28. The molecule has 0 unspecified atom stereocenters. The minimum atomic E-state index is -3.67. The van der Waals surface area contributed by atoms with Crippen LogP contribution in [0.15, 0.2) is 21.4 Å². The highest BCUT2D eigenvalue weighted by Gasteiger charge is 2.32. The van der Waals surface area contributed by atoms with Crippen molar-refractivity contribution in [3.63, 3.8) is 0 Å². The van der Waals surface area contributed by atoms with Crippen molar-refractivity contribution < 1.29 is 8.42 Å². The van der Waals surface area contributed by atoms with E-state index in [1.54, 1.807) is 11.4 Å². The van der Waals surface area contributed by atoms with Crippen LogP contribution in [0.3, 0.4) is 0 Å². The van der Waals surface area contributed by atoms with Gasteiger partial charge in [-0.1, -0.05) is 11.3 Å². The SMILES string of the molecule is Cc1cc(N2CCN(S(=O)(=O)c3sc(=O)[nH]c3C)CC2)n2ncnc2n1. The number of aryl methyl sites for hydroxylation is 2. The van der Waals surface area contributed by atoms with Crippen LogP contribution in [-0.4, -0.2) is 63.5 Å². The first-order valence-electron chi connectivity index (χ1n) is 7.98. The molecule has 0 saturated carbocycles. The van der Waals surface area contributed by atoms with Crippen molar-refractivity contribution in [2.75, 3.05) is 31.1 Å². The lowest BCUT2D eigenvalue weighted by molar-refractivity contribution is 0.383. The fourth-order valence-electron chi connectivity index (χ4n) is 3.05. The summed E-state index contributed by atoms with van der Waals surface area (Å²) in [7, 11) is -3.67. The topological polar surface area (TPSA) is 117 Å². The Morgan fingerprint density at radius 2 is 1.92 bits per heavy atom. The van der Waals surface area contributed by atoms with E-state index in [1.807, 2.05) is 13.0 Å². The summed E-state index contributed by atoms with van der Waals surface area (Å²) >= 11 is 0.732. The van der Waals surface area contributed by atoms with Gasteiger partial charge >= 0.3 is 4.87 Å². The molecule has 3 aromatic rings. The molecular formula is C14H17N7O3S2. The lowest BCUT2D eigenvalue weighted by Crippen LogP contribution is -2.49. The summed E-state index contributed by atoms with van der Waals surface area (Å²) in [5.74, 6) is 1.35. The van der Waals surface area contributed by atoms with Gasteiger partial charge in [-0.2, -0.15) is 18.9 Å². The Morgan fingerprint density at radius 3 is 2.58 bits per heavy atom. The summed E-state index contributed by atoms with van der Waals surface area (Å²) in [6.45, 7) is 5.15. The predicted molar refractivity (Wildman–Crippen MR) is 96.2 cm³/mol. The van der Waals surface area contributed by atoms with Gasteiger partial charge in [0, 0.05) is 43.6 Å². The number of nitrogens with zero attached hydrogens (tertiary/aromatic N) is 6. The number of piperazine rings is 1. The average Bonchev–Trinajstić information content (AvgIpc) is 3.20. The maximum absolute atomic E-state index is 12.8. The van der Waals surface area contributed by atoms with E-state index >= 15 is 0 Å². The zero-order valence-electron chi connectivity index (χ0n) is 14.2. The number of fused-ring (bicyclic) bond motifs is 1. The first kappa shape index (κ1) is 17.1. The summed E-state index contributed by atoms with van der Waals surface area (Å²) in [4.78, 5) is 24.1. The second-order valence-corrected chi connectivity index (χ2v) is 9.16. The molecule has 138 valence electrons. The van der Waals surface area contributed by atoms with Gasteiger partial charge in [0.2, 0.25) is 0 Å². The lowest BCUT2D eigenvalue weighted by Gasteiger charge is -2.35. The largest absolute Gasteiger partial charge is 0.354 e. The molecule has 4 heterocycles. The Hall–Kier alpha value is -2.31. The molecule has 0 aliphatic carbocycles. The molecule has 1 aliphatic heterocycles. The van der Waals surface area contributed by atoms with Gasteiger partial charge < -0.3 is 9.88 Å². The highest BCUT2D eigenvalue weighted by molar-refractivity contribution is 7.91. The van der Waals surface area contributed by atoms with Gasteiger partial charge in [-0.25, -0.2) is 13.4 Å². The van der Waals surface area contributed by atoms with Crippen molar-refractivity contribution in [1.29, 1.82) is 0 Å². The molecule has 1 fully saturated rings. The Morgan fingerprint density at radius 1 is 1.19 bits per heavy atom. The van der Waals surface area contributed by atoms with Gasteiger partial charge in [-0.3, -0.25) is 4.79 Å². The van der Waals surface area contributed by atoms with E-state index in [2.05, 4.69) is 25.0 Å². The molecule has 0 spiro atoms. The standard InChI is InChI=1S/C14H17N7O3S2/c1-9-7-11(21-13(17-9)15-8-16-21)19-3-5-20(6-4-19)26(23,24)12-10(2)18-14(22)25-12/h7-8H,3-6H2,1-2H3,(H,18,22). The van der Waals surface area contributed by atoms with E-state index in [9.17, 15) is 13.2 Å². The number of nitrogens with one attached hydrogen (secondary N) is 1. The zero-order valence-corrected chi connectivity index (χ0v) is 15.8. The molecule has 3 aromatic heterocycles. The highest BCUT2D eigenvalue weighted by Crippen LogP contribution is 2.24. The lowest BCUT2D eigenvalue weighted by atomic mass is 10.3. The molecule has 0 aromatic carbocycles. The minimum absolute atomic E-state index is 0.0920. The van der Waals surface area contributed by atoms with Crippen molar-refractivity contribution in [2.45, 2.75) is 18.1 Å². The highest BCUT2D eigenvalue weighted by atomic mass is 32.2. The fraction of sp³-hybridized carbons (Fsp3) is 0.429. The second kappa shape index (κ2) is 6.14. The number of thiazole rings is 1. The molecule has 4 rings (SSSR count). The minimum Gasteiger partial charge on any atom is -0.354 e. The zero-order chi connectivity index (χ0) is 18.5. The monoisotopic (exact) mass is 395 g/mol. The molecule has 1 aliphatic rings. The molecular weight excluding hydrogens is 378 g/mol. The van der Waals surface area contributed by atoms with E-state index < -0.39 is 10.0 Å². The number of H-pyrrole nitrogens is 1. The van der Waals surface area contributed by atoms with Gasteiger partial charge in [-0.05, 0) is 13.8 Å². The van der Waals surface area contributed by atoms with Crippen LogP contribution in [0.4, 0.5) is 5.82 Å². The maximum atomic E-state index is 12.8. The predicted octanol–water partition coefficient (Wildman–Crippen LogP) is 0.00184. The smallest absolute Gasteiger partial charge is 0.305 e. The number of hydrogen-bond acceptors (Lipinski definition) is 8. The third-order valence-corrected chi connectivity index (χ3v) is 7.76. The van der Waals surface area contributed by atoms with Crippen molar-refractivity contribution in [3.05, 3.63) is 33.4 Å². The van der Waals surface area contributed by atoms with Gasteiger partial charge in [0.1, 0.15) is 12.1 Å². The number of hydrogen-bond donors (Lipinski definition) is 1. The van der Waals surface area contributed by atoms with Crippen LogP contribution < -0.4 is 9.77 Å². The van der Waals surface area contributed by atoms with Gasteiger partial charge in [0.05, 0.1) is 0 Å². The Labute approximate surface area is 153 Å². The molecule has 10 nitrogen and oxygen atoms in total. The first-order chi connectivity index (χ1) is 12.4. The molecule has 26 heavy (non-hydrogen) atoms. The molecule has 1 N–H and O–H groups in total. The van der Waals surface area contributed by atoms with Crippen LogP contribution in [0.1, 0.15) is 11.4 Å². The fourth-order valence-corrected chi connectivity index (χ4v) is 5.91. The Bertz CT molecular complexity index is 1120. The Balaban J connectivity index is 1.58. The van der Waals surface area contributed by atoms with Crippen molar-refractivity contribution in [2.24, 2.45) is 0 Å². The van der Waals surface area contributed by atoms with Crippen LogP contribution in [0.25, 0.3) is 5.78 Å². The summed E-state index contributed by atoms with van der Waals surface area (Å²) in [5, 5.41) is 4.20. The number of aromatic amines is 1. The quantitative estimate of drug-likeness (QED) is 0.663. The maximum Gasteiger partial charge on any atom is 0.305 e. The van der Waals surface area contributed by atoms with Crippen LogP contribution >= 0.6 is 11.3 Å². The molecule has 0 radical (unpaired) electrons. The first-order valence-corrected chi connectivity index (χ1v) is 10.2. The van der Waals surface area contributed by atoms with Crippen molar-refractivity contribution >= 4 is 33.0 Å². The summed E-state index contributed by atoms with van der Waals surface area (Å²) in [6, 6.07) is 1.91. The van der Waals surface area contributed by atoms with Crippen LogP contribution in [-0.2, 0) is 10.0 Å². The molecule has 1 saturated heterocycles. The summed E-state index contributed by atoms with van der Waals surface area (Å²) in [5.41, 5.74) is 1.21. The van der Waals surface area contributed by atoms with Gasteiger partial charge in [0.25, 0.3) is 15.8 Å². The molecule has 0 atom stereocenters. The number of anilines is 1. The van der Waals surface area contributed by atoms with Crippen LogP contribution in [0, 0.1) is 13.8 Å². The van der Waals surface area contributed by atoms with Crippen LogP contribution in [0.5, 0.6) is 0 Å². The molecule has 0 bridgehead atoms. The van der Waals surface area contributed by atoms with E-state index in [1.165, 1.54) is 10.6 Å². The molecule has 12 heteroatoms. The van der Waals surface area contributed by atoms with E-state index in [0.29, 0.717) is 37.7 Å². The van der Waals surface area contributed by atoms with E-state index in [0.717, 1.165) is 22.8 Å². The number of sulfonamides is 1. The average molecular weight is 395 g/mol. The molecule has 0 amide bonds. The number of aromatic nitrogens is 5. The Kier molecular flexibility index (Phi) is 4.04. The van der Waals surface area contributed by atoms with Crippen molar-refractivity contribution in [3.8, 4) is 0 Å². The van der Waals surface area contributed by atoms with Crippen LogP contribution in [0.2, 0.25) is 0 Å².